The molecule has 1 aromatic carbocycles. The van der Waals surface area contributed by atoms with Gasteiger partial charge in [0.15, 0.2) is 0 Å². The number of carboxylic acids is 1. The van der Waals surface area contributed by atoms with Crippen molar-refractivity contribution in [3.8, 4) is 0 Å². The lowest BCUT2D eigenvalue weighted by Crippen LogP contribution is -2.46. The van der Waals surface area contributed by atoms with Gasteiger partial charge in [0, 0.05) is 17.6 Å². The Kier molecular flexibility index (Phi) is 1.94. The summed E-state index contributed by atoms with van der Waals surface area (Å²) >= 11 is 0. The van der Waals surface area contributed by atoms with E-state index in [0.717, 1.165) is 30.8 Å². The van der Waals surface area contributed by atoms with E-state index in [1.165, 1.54) is 0 Å². The summed E-state index contributed by atoms with van der Waals surface area (Å²) in [5.74, 6) is -0.764. The molecule has 0 aliphatic carbocycles. The van der Waals surface area contributed by atoms with Crippen molar-refractivity contribution < 1.29 is 9.90 Å². The molecule has 2 aliphatic heterocycles. The van der Waals surface area contributed by atoms with E-state index in [1.807, 2.05) is 24.3 Å². The predicted octanol–water partition coefficient (Wildman–Crippen LogP) is 0.796. The number of hydrogen-bond donors (Lipinski definition) is 3. The van der Waals surface area contributed by atoms with Crippen LogP contribution >= 0.6 is 0 Å². The SMILES string of the molecule is O=C(O)C1Nc2ccccc2C12CCNC2. The Bertz CT molecular complexity index is 438. The Hall–Kier alpha value is -1.55. The van der Waals surface area contributed by atoms with Crippen molar-refractivity contribution in [1.82, 2.24) is 5.32 Å². The number of anilines is 1. The molecule has 0 aromatic heterocycles. The van der Waals surface area contributed by atoms with Crippen molar-refractivity contribution >= 4 is 11.7 Å². The van der Waals surface area contributed by atoms with Crippen LogP contribution in [0.3, 0.4) is 0 Å². The molecule has 2 unspecified atom stereocenters. The van der Waals surface area contributed by atoms with Gasteiger partial charge in [-0.05, 0) is 24.6 Å². The van der Waals surface area contributed by atoms with Gasteiger partial charge in [0.1, 0.15) is 6.04 Å². The minimum Gasteiger partial charge on any atom is -0.480 e. The van der Waals surface area contributed by atoms with Crippen molar-refractivity contribution in [3.63, 3.8) is 0 Å². The first-order valence-corrected chi connectivity index (χ1v) is 5.54. The van der Waals surface area contributed by atoms with Crippen LogP contribution in [0.25, 0.3) is 0 Å². The Labute approximate surface area is 93.7 Å². The van der Waals surface area contributed by atoms with Crippen LogP contribution in [-0.2, 0) is 10.2 Å². The number of benzene rings is 1. The Balaban J connectivity index is 2.13. The third kappa shape index (κ3) is 1.10. The Morgan fingerprint density at radius 3 is 2.94 bits per heavy atom. The van der Waals surface area contributed by atoms with Gasteiger partial charge in [0.2, 0.25) is 0 Å². The normalized spacial score (nSPS) is 31.4. The molecule has 16 heavy (non-hydrogen) atoms. The summed E-state index contributed by atoms with van der Waals surface area (Å²) in [7, 11) is 0. The average Bonchev–Trinajstić information content (AvgIpc) is 2.87. The second kappa shape index (κ2) is 3.22. The van der Waals surface area contributed by atoms with Gasteiger partial charge in [-0.25, -0.2) is 4.79 Å². The maximum Gasteiger partial charge on any atom is 0.327 e. The molecule has 0 saturated carbocycles. The summed E-state index contributed by atoms with van der Waals surface area (Å²) in [6.07, 6.45) is 0.883. The van der Waals surface area contributed by atoms with Crippen LogP contribution in [0.4, 0.5) is 5.69 Å². The van der Waals surface area contributed by atoms with E-state index in [2.05, 4.69) is 10.6 Å². The van der Waals surface area contributed by atoms with E-state index < -0.39 is 12.0 Å². The van der Waals surface area contributed by atoms with E-state index in [0.29, 0.717) is 0 Å². The number of carboxylic acid groups (broad SMARTS) is 1. The molecule has 3 N–H and O–H groups in total. The van der Waals surface area contributed by atoms with Crippen molar-refractivity contribution in [2.45, 2.75) is 17.9 Å². The summed E-state index contributed by atoms with van der Waals surface area (Å²) in [6, 6.07) is 7.41. The number of rotatable bonds is 1. The molecule has 0 radical (unpaired) electrons. The number of hydrogen-bond acceptors (Lipinski definition) is 3. The summed E-state index contributed by atoms with van der Waals surface area (Å²) in [5, 5.41) is 15.7. The highest BCUT2D eigenvalue weighted by molar-refractivity contribution is 5.84. The summed E-state index contributed by atoms with van der Waals surface area (Å²) in [6.45, 7) is 1.63. The van der Waals surface area contributed by atoms with E-state index in [9.17, 15) is 9.90 Å². The highest BCUT2D eigenvalue weighted by atomic mass is 16.4. The largest absolute Gasteiger partial charge is 0.480 e. The molecule has 1 spiro atoms. The van der Waals surface area contributed by atoms with Gasteiger partial charge in [-0.2, -0.15) is 0 Å². The zero-order chi connectivity index (χ0) is 11.2. The number of para-hydroxylation sites is 1. The van der Waals surface area contributed by atoms with Crippen LogP contribution in [0.1, 0.15) is 12.0 Å². The second-order valence-corrected chi connectivity index (χ2v) is 4.54. The number of fused-ring (bicyclic) bond motifs is 2. The lowest BCUT2D eigenvalue weighted by Gasteiger charge is -2.27. The predicted molar refractivity (Wildman–Crippen MR) is 60.7 cm³/mol. The molecule has 2 atom stereocenters. The zero-order valence-electron chi connectivity index (χ0n) is 8.86. The molecule has 0 amide bonds. The zero-order valence-corrected chi connectivity index (χ0v) is 8.86. The van der Waals surface area contributed by atoms with Crippen LogP contribution in [0.2, 0.25) is 0 Å². The number of aliphatic carboxylic acids is 1. The van der Waals surface area contributed by atoms with E-state index in [4.69, 9.17) is 0 Å². The smallest absolute Gasteiger partial charge is 0.327 e. The Morgan fingerprint density at radius 1 is 1.44 bits per heavy atom. The minimum atomic E-state index is -0.764. The third-order valence-electron chi connectivity index (χ3n) is 3.75. The quantitative estimate of drug-likeness (QED) is 0.652. The number of nitrogens with one attached hydrogen (secondary N) is 2. The molecule has 2 aliphatic rings. The molecular formula is C12H14N2O2. The van der Waals surface area contributed by atoms with Gasteiger partial charge in [-0.3, -0.25) is 0 Å². The monoisotopic (exact) mass is 218 g/mol. The van der Waals surface area contributed by atoms with Gasteiger partial charge < -0.3 is 15.7 Å². The van der Waals surface area contributed by atoms with Crippen molar-refractivity contribution in [2.24, 2.45) is 0 Å². The van der Waals surface area contributed by atoms with Crippen LogP contribution in [0, 0.1) is 0 Å². The summed E-state index contributed by atoms with van der Waals surface area (Å²) in [4.78, 5) is 11.3. The molecule has 0 bridgehead atoms. The minimum absolute atomic E-state index is 0.261. The molecule has 84 valence electrons. The van der Waals surface area contributed by atoms with Gasteiger partial charge >= 0.3 is 5.97 Å². The molecule has 1 fully saturated rings. The van der Waals surface area contributed by atoms with Crippen LogP contribution in [0.5, 0.6) is 0 Å². The van der Waals surface area contributed by atoms with Crippen molar-refractivity contribution in [2.75, 3.05) is 18.4 Å². The fourth-order valence-corrected chi connectivity index (χ4v) is 2.98. The first kappa shape index (κ1) is 9.66. The standard InChI is InChI=1S/C12H14N2O2/c15-11(16)10-12(5-6-13-7-12)8-3-1-2-4-9(8)14-10/h1-4,10,13-14H,5-7H2,(H,15,16). The lowest BCUT2D eigenvalue weighted by atomic mass is 9.76. The highest BCUT2D eigenvalue weighted by Crippen LogP contribution is 2.44. The van der Waals surface area contributed by atoms with Crippen LogP contribution in [-0.4, -0.2) is 30.2 Å². The molecular weight excluding hydrogens is 204 g/mol. The van der Waals surface area contributed by atoms with Gasteiger partial charge in [-0.15, -0.1) is 0 Å². The molecule has 1 aromatic rings. The van der Waals surface area contributed by atoms with Gasteiger partial charge in [0.25, 0.3) is 0 Å². The second-order valence-electron chi connectivity index (χ2n) is 4.54. The van der Waals surface area contributed by atoms with E-state index >= 15 is 0 Å². The van der Waals surface area contributed by atoms with Crippen molar-refractivity contribution in [3.05, 3.63) is 29.8 Å². The molecule has 4 nitrogen and oxygen atoms in total. The maximum atomic E-state index is 11.3. The van der Waals surface area contributed by atoms with Gasteiger partial charge in [-0.1, -0.05) is 18.2 Å². The summed E-state index contributed by atoms with van der Waals surface area (Å²) < 4.78 is 0. The number of carbonyl (C=O) groups is 1. The maximum absolute atomic E-state index is 11.3. The Morgan fingerprint density at radius 2 is 2.25 bits per heavy atom. The average molecular weight is 218 g/mol. The molecule has 2 heterocycles. The topological polar surface area (TPSA) is 61.4 Å². The highest BCUT2D eigenvalue weighted by Gasteiger charge is 2.51. The van der Waals surface area contributed by atoms with E-state index in [-0.39, 0.29) is 5.41 Å². The first-order valence-electron chi connectivity index (χ1n) is 5.54. The fourth-order valence-electron chi connectivity index (χ4n) is 2.98. The fraction of sp³-hybridized carbons (Fsp3) is 0.417. The lowest BCUT2D eigenvalue weighted by molar-refractivity contribution is -0.139. The molecule has 3 rings (SSSR count). The first-order chi connectivity index (χ1) is 7.74. The molecule has 1 saturated heterocycles. The van der Waals surface area contributed by atoms with Crippen LogP contribution < -0.4 is 10.6 Å². The third-order valence-corrected chi connectivity index (χ3v) is 3.75. The molecule has 4 heteroatoms. The van der Waals surface area contributed by atoms with Gasteiger partial charge in [0.05, 0.1) is 0 Å². The van der Waals surface area contributed by atoms with E-state index in [1.54, 1.807) is 0 Å². The van der Waals surface area contributed by atoms with Crippen LogP contribution in [0.15, 0.2) is 24.3 Å². The van der Waals surface area contributed by atoms with Crippen molar-refractivity contribution in [1.29, 1.82) is 0 Å². The summed E-state index contributed by atoms with van der Waals surface area (Å²) in [5.41, 5.74) is 1.86.